The van der Waals surface area contributed by atoms with Gasteiger partial charge in [0.1, 0.15) is 0 Å². The molecule has 5 nitrogen and oxygen atoms in total. The van der Waals surface area contributed by atoms with Crippen molar-refractivity contribution in [2.45, 2.75) is 6.42 Å². The Morgan fingerprint density at radius 3 is 2.73 bits per heavy atom. The van der Waals surface area contributed by atoms with Crippen molar-refractivity contribution in [3.8, 4) is 0 Å². The quantitative estimate of drug-likeness (QED) is 0.639. The SMILES string of the molecule is COCCCN(C)C(=O)N1CCOCC1. The van der Waals surface area contributed by atoms with Crippen LogP contribution in [-0.2, 0) is 9.47 Å². The molecule has 1 rings (SSSR count). The fraction of sp³-hybridized carbons (Fsp3) is 0.900. The smallest absolute Gasteiger partial charge is 0.319 e. The standard InChI is InChI=1S/C10H20N2O3/c1-11(4-3-7-14-2)10(13)12-5-8-15-9-6-12/h3-9H2,1-2H3. The van der Waals surface area contributed by atoms with Crippen molar-refractivity contribution in [2.24, 2.45) is 0 Å². The largest absolute Gasteiger partial charge is 0.385 e. The maximum absolute atomic E-state index is 11.8. The summed E-state index contributed by atoms with van der Waals surface area (Å²) in [7, 11) is 3.50. The minimum atomic E-state index is 0.0920. The van der Waals surface area contributed by atoms with Gasteiger partial charge in [0.05, 0.1) is 13.2 Å². The van der Waals surface area contributed by atoms with Crippen molar-refractivity contribution in [1.29, 1.82) is 0 Å². The lowest BCUT2D eigenvalue weighted by atomic mass is 10.4. The van der Waals surface area contributed by atoms with Crippen LogP contribution in [0.25, 0.3) is 0 Å². The predicted octanol–water partition coefficient (Wildman–Crippen LogP) is 0.407. The van der Waals surface area contributed by atoms with Gasteiger partial charge in [-0.25, -0.2) is 4.79 Å². The molecule has 5 heteroatoms. The molecule has 1 aliphatic rings. The van der Waals surface area contributed by atoms with E-state index in [4.69, 9.17) is 9.47 Å². The maximum Gasteiger partial charge on any atom is 0.319 e. The van der Waals surface area contributed by atoms with Gasteiger partial charge in [-0.1, -0.05) is 0 Å². The Bertz CT molecular complexity index is 193. The average Bonchev–Trinajstić information content (AvgIpc) is 2.29. The Kier molecular flexibility index (Phi) is 5.42. The number of morpholine rings is 1. The molecule has 0 aromatic rings. The molecule has 0 saturated carbocycles. The number of carbonyl (C=O) groups is 1. The number of hydrogen-bond acceptors (Lipinski definition) is 3. The molecule has 0 unspecified atom stereocenters. The third kappa shape index (κ3) is 4.05. The van der Waals surface area contributed by atoms with E-state index in [1.807, 2.05) is 11.9 Å². The van der Waals surface area contributed by atoms with Crippen LogP contribution in [0.5, 0.6) is 0 Å². The Morgan fingerprint density at radius 1 is 1.47 bits per heavy atom. The second-order valence-corrected chi connectivity index (χ2v) is 3.65. The Labute approximate surface area is 90.9 Å². The number of amides is 2. The molecule has 15 heavy (non-hydrogen) atoms. The highest BCUT2D eigenvalue weighted by atomic mass is 16.5. The summed E-state index contributed by atoms with van der Waals surface area (Å²) in [6.45, 7) is 4.14. The summed E-state index contributed by atoms with van der Waals surface area (Å²) in [6.07, 6.45) is 0.878. The van der Waals surface area contributed by atoms with Crippen molar-refractivity contribution < 1.29 is 14.3 Å². The van der Waals surface area contributed by atoms with Crippen molar-refractivity contribution in [1.82, 2.24) is 9.80 Å². The van der Waals surface area contributed by atoms with Crippen LogP contribution < -0.4 is 0 Å². The van der Waals surface area contributed by atoms with Crippen LogP contribution in [0.3, 0.4) is 0 Å². The van der Waals surface area contributed by atoms with Gasteiger partial charge in [0, 0.05) is 40.4 Å². The maximum atomic E-state index is 11.8. The molecule has 0 atom stereocenters. The normalized spacial score (nSPS) is 16.5. The average molecular weight is 216 g/mol. The summed E-state index contributed by atoms with van der Waals surface area (Å²) in [6, 6.07) is 0.0920. The highest BCUT2D eigenvalue weighted by molar-refractivity contribution is 5.74. The summed E-state index contributed by atoms with van der Waals surface area (Å²) >= 11 is 0. The van der Waals surface area contributed by atoms with Gasteiger partial charge in [-0.2, -0.15) is 0 Å². The highest BCUT2D eigenvalue weighted by Gasteiger charge is 2.19. The molecule has 0 aromatic heterocycles. The van der Waals surface area contributed by atoms with Crippen molar-refractivity contribution in [2.75, 3.05) is 53.6 Å². The number of nitrogens with zero attached hydrogens (tertiary/aromatic N) is 2. The van der Waals surface area contributed by atoms with Gasteiger partial charge in [-0.05, 0) is 6.42 Å². The molecule has 1 heterocycles. The lowest BCUT2D eigenvalue weighted by molar-refractivity contribution is 0.0447. The molecule has 0 N–H and O–H groups in total. The van der Waals surface area contributed by atoms with Crippen molar-refractivity contribution >= 4 is 6.03 Å². The third-order valence-corrected chi connectivity index (χ3v) is 2.45. The highest BCUT2D eigenvalue weighted by Crippen LogP contribution is 2.02. The molecule has 0 radical (unpaired) electrons. The fourth-order valence-electron chi connectivity index (χ4n) is 1.54. The molecule has 0 aromatic carbocycles. The summed E-state index contributed by atoms with van der Waals surface area (Å²) in [4.78, 5) is 15.4. The van der Waals surface area contributed by atoms with E-state index in [9.17, 15) is 4.79 Å². The van der Waals surface area contributed by atoms with Gasteiger partial charge in [-0.3, -0.25) is 0 Å². The topological polar surface area (TPSA) is 42.0 Å². The second-order valence-electron chi connectivity index (χ2n) is 3.65. The molecule has 0 bridgehead atoms. The van der Waals surface area contributed by atoms with Gasteiger partial charge in [0.25, 0.3) is 0 Å². The van der Waals surface area contributed by atoms with Gasteiger partial charge in [0.2, 0.25) is 0 Å². The summed E-state index contributed by atoms with van der Waals surface area (Å²) in [5, 5.41) is 0. The number of urea groups is 1. The first kappa shape index (κ1) is 12.3. The fourth-order valence-corrected chi connectivity index (χ4v) is 1.54. The first-order valence-corrected chi connectivity index (χ1v) is 5.32. The number of rotatable bonds is 4. The van der Waals surface area contributed by atoms with Crippen LogP contribution >= 0.6 is 0 Å². The predicted molar refractivity (Wildman–Crippen MR) is 56.9 cm³/mol. The molecule has 1 aliphatic heterocycles. The summed E-state index contributed by atoms with van der Waals surface area (Å²) in [5.41, 5.74) is 0. The van der Waals surface area contributed by atoms with Crippen LogP contribution in [0.2, 0.25) is 0 Å². The molecule has 1 saturated heterocycles. The first-order valence-electron chi connectivity index (χ1n) is 5.32. The van der Waals surface area contributed by atoms with Crippen LogP contribution in [0.4, 0.5) is 4.79 Å². The lowest BCUT2D eigenvalue weighted by Crippen LogP contribution is -2.47. The zero-order chi connectivity index (χ0) is 11.1. The Morgan fingerprint density at radius 2 is 2.13 bits per heavy atom. The first-order chi connectivity index (χ1) is 7.25. The van der Waals surface area contributed by atoms with E-state index in [1.165, 1.54) is 0 Å². The summed E-state index contributed by atoms with van der Waals surface area (Å²) in [5.74, 6) is 0. The van der Waals surface area contributed by atoms with E-state index < -0.39 is 0 Å². The van der Waals surface area contributed by atoms with Crippen molar-refractivity contribution in [3.63, 3.8) is 0 Å². The molecule has 2 amide bonds. The minimum absolute atomic E-state index is 0.0920. The molecule has 0 spiro atoms. The van der Waals surface area contributed by atoms with E-state index >= 15 is 0 Å². The van der Waals surface area contributed by atoms with Gasteiger partial charge < -0.3 is 19.3 Å². The molecular formula is C10H20N2O3. The van der Waals surface area contributed by atoms with E-state index in [0.29, 0.717) is 32.9 Å². The summed E-state index contributed by atoms with van der Waals surface area (Å²) < 4.78 is 10.1. The van der Waals surface area contributed by atoms with Crippen molar-refractivity contribution in [3.05, 3.63) is 0 Å². The zero-order valence-electron chi connectivity index (χ0n) is 9.57. The van der Waals surface area contributed by atoms with Crippen LogP contribution in [0, 0.1) is 0 Å². The third-order valence-electron chi connectivity index (χ3n) is 2.45. The number of carbonyl (C=O) groups excluding carboxylic acids is 1. The number of methoxy groups -OCH3 is 1. The van der Waals surface area contributed by atoms with Gasteiger partial charge in [-0.15, -0.1) is 0 Å². The Balaban J connectivity index is 2.24. The lowest BCUT2D eigenvalue weighted by Gasteiger charge is -2.31. The van der Waals surface area contributed by atoms with E-state index in [2.05, 4.69) is 0 Å². The van der Waals surface area contributed by atoms with Crippen LogP contribution in [0.1, 0.15) is 6.42 Å². The van der Waals surface area contributed by atoms with E-state index in [0.717, 1.165) is 13.0 Å². The molecule has 0 aliphatic carbocycles. The minimum Gasteiger partial charge on any atom is -0.385 e. The van der Waals surface area contributed by atoms with Gasteiger partial charge >= 0.3 is 6.03 Å². The zero-order valence-corrected chi connectivity index (χ0v) is 9.57. The van der Waals surface area contributed by atoms with Crippen LogP contribution in [-0.4, -0.2) is 69.4 Å². The second kappa shape index (κ2) is 6.63. The van der Waals surface area contributed by atoms with Crippen LogP contribution in [0.15, 0.2) is 0 Å². The van der Waals surface area contributed by atoms with Gasteiger partial charge in [0.15, 0.2) is 0 Å². The molecule has 88 valence electrons. The molecular weight excluding hydrogens is 196 g/mol. The number of hydrogen-bond donors (Lipinski definition) is 0. The monoisotopic (exact) mass is 216 g/mol. The Hall–Kier alpha value is -0.810. The van der Waals surface area contributed by atoms with E-state index in [1.54, 1.807) is 12.0 Å². The molecule has 1 fully saturated rings. The number of ether oxygens (including phenoxy) is 2. The van der Waals surface area contributed by atoms with E-state index in [-0.39, 0.29) is 6.03 Å².